The maximum Gasteiger partial charge on any atom is 0.234 e. The van der Waals surface area contributed by atoms with Crippen LogP contribution in [0.4, 0.5) is 0 Å². The topological polar surface area (TPSA) is 52.6 Å². The van der Waals surface area contributed by atoms with E-state index in [4.69, 9.17) is 11.6 Å². The van der Waals surface area contributed by atoms with Crippen molar-refractivity contribution >= 4 is 17.5 Å². The van der Waals surface area contributed by atoms with Gasteiger partial charge in [-0.15, -0.1) is 0 Å². The van der Waals surface area contributed by atoms with E-state index in [0.29, 0.717) is 30.2 Å². The van der Waals surface area contributed by atoms with E-state index in [0.717, 1.165) is 6.42 Å². The lowest BCUT2D eigenvalue weighted by Gasteiger charge is -2.17. The molecule has 1 amide bonds. The summed E-state index contributed by atoms with van der Waals surface area (Å²) < 4.78 is 0. The lowest BCUT2D eigenvalue weighted by Crippen LogP contribution is -2.35. The summed E-state index contributed by atoms with van der Waals surface area (Å²) in [5.41, 5.74) is 0.716. The molecule has 0 aliphatic rings. The summed E-state index contributed by atoms with van der Waals surface area (Å²) in [5.74, 6) is 0.0702. The Labute approximate surface area is 113 Å². The van der Waals surface area contributed by atoms with Crippen LogP contribution in [0.5, 0.6) is 5.75 Å². The lowest BCUT2D eigenvalue weighted by molar-refractivity contribution is -0.122. The van der Waals surface area contributed by atoms with Crippen LogP contribution in [-0.2, 0) is 11.3 Å². The number of aromatic hydroxyl groups is 1. The number of rotatable bonds is 6. The average molecular weight is 271 g/mol. The maximum absolute atomic E-state index is 11.5. The van der Waals surface area contributed by atoms with Crippen molar-refractivity contribution in [1.82, 2.24) is 10.2 Å². The molecule has 18 heavy (non-hydrogen) atoms. The number of halogens is 1. The molecule has 0 saturated carbocycles. The molecule has 0 bridgehead atoms. The first kappa shape index (κ1) is 14.8. The third-order valence-corrected chi connectivity index (χ3v) is 2.80. The summed E-state index contributed by atoms with van der Waals surface area (Å²) in [4.78, 5) is 13.3. The summed E-state index contributed by atoms with van der Waals surface area (Å²) >= 11 is 5.82. The molecule has 1 rings (SSSR count). The van der Waals surface area contributed by atoms with E-state index in [1.165, 1.54) is 0 Å². The monoisotopic (exact) mass is 270 g/mol. The molecule has 0 aliphatic carbocycles. The second kappa shape index (κ2) is 7.24. The molecular formula is C13H19ClN2O2. The average Bonchev–Trinajstić information content (AvgIpc) is 2.32. The largest absolute Gasteiger partial charge is 0.506 e. The minimum absolute atomic E-state index is 0.0131. The first-order chi connectivity index (χ1) is 8.54. The Morgan fingerprint density at radius 3 is 2.89 bits per heavy atom. The van der Waals surface area contributed by atoms with Crippen LogP contribution in [0.3, 0.4) is 0 Å². The maximum atomic E-state index is 11.5. The van der Waals surface area contributed by atoms with Crippen molar-refractivity contribution in [1.29, 1.82) is 0 Å². The minimum atomic E-state index is -0.0131. The number of phenols is 1. The van der Waals surface area contributed by atoms with Gasteiger partial charge in [0.05, 0.1) is 11.6 Å². The number of nitrogens with zero attached hydrogens (tertiary/aromatic N) is 1. The predicted octanol–water partition coefficient (Wildman–Crippen LogP) is 2.00. The summed E-state index contributed by atoms with van der Waals surface area (Å²) in [6.07, 6.45) is 0.921. The Morgan fingerprint density at radius 2 is 2.22 bits per heavy atom. The number of nitrogens with one attached hydrogen (secondary N) is 1. The molecule has 0 spiro atoms. The highest BCUT2D eigenvalue weighted by Crippen LogP contribution is 2.27. The third-order valence-electron chi connectivity index (χ3n) is 2.50. The zero-order valence-corrected chi connectivity index (χ0v) is 11.5. The molecule has 1 aromatic rings. The second-order valence-electron chi connectivity index (χ2n) is 4.27. The van der Waals surface area contributed by atoms with Gasteiger partial charge in [0.15, 0.2) is 0 Å². The summed E-state index contributed by atoms with van der Waals surface area (Å²) in [6, 6.07) is 5.21. The van der Waals surface area contributed by atoms with E-state index in [1.807, 2.05) is 18.9 Å². The van der Waals surface area contributed by atoms with Crippen LogP contribution in [0.25, 0.3) is 0 Å². The van der Waals surface area contributed by atoms with Crippen molar-refractivity contribution < 1.29 is 9.90 Å². The van der Waals surface area contributed by atoms with Crippen LogP contribution >= 0.6 is 11.6 Å². The van der Waals surface area contributed by atoms with Crippen molar-refractivity contribution in [3.8, 4) is 5.75 Å². The Morgan fingerprint density at radius 1 is 1.50 bits per heavy atom. The first-order valence-corrected chi connectivity index (χ1v) is 6.34. The molecule has 0 saturated heterocycles. The highest BCUT2D eigenvalue weighted by molar-refractivity contribution is 6.32. The zero-order chi connectivity index (χ0) is 13.5. The molecule has 1 aromatic carbocycles. The highest BCUT2D eigenvalue weighted by Gasteiger charge is 2.10. The highest BCUT2D eigenvalue weighted by atomic mass is 35.5. The molecule has 100 valence electrons. The molecule has 0 aromatic heterocycles. The minimum Gasteiger partial charge on any atom is -0.506 e. The number of phenolic OH excluding ortho intramolecular Hbond substituents is 1. The first-order valence-electron chi connectivity index (χ1n) is 5.96. The summed E-state index contributed by atoms with van der Waals surface area (Å²) in [5, 5.41) is 12.9. The van der Waals surface area contributed by atoms with E-state index >= 15 is 0 Å². The van der Waals surface area contributed by atoms with Gasteiger partial charge >= 0.3 is 0 Å². The van der Waals surface area contributed by atoms with Gasteiger partial charge in [-0.05, 0) is 19.5 Å². The Hall–Kier alpha value is -1.26. The standard InChI is InChI=1S/C13H19ClN2O2/c1-3-7-15-12(17)9-16(2)8-10-5-4-6-11(14)13(10)18/h4-6,18H,3,7-9H2,1-2H3,(H,15,17). The Kier molecular flexibility index (Phi) is 5.95. The quantitative estimate of drug-likeness (QED) is 0.831. The molecule has 4 nitrogen and oxygen atoms in total. The van der Waals surface area contributed by atoms with Crippen LogP contribution in [0.1, 0.15) is 18.9 Å². The van der Waals surface area contributed by atoms with E-state index in [1.54, 1.807) is 18.2 Å². The SMILES string of the molecule is CCCNC(=O)CN(C)Cc1cccc(Cl)c1O. The van der Waals surface area contributed by atoms with E-state index < -0.39 is 0 Å². The van der Waals surface area contributed by atoms with E-state index in [2.05, 4.69) is 5.32 Å². The molecule has 5 heteroatoms. The van der Waals surface area contributed by atoms with Crippen molar-refractivity contribution in [2.75, 3.05) is 20.1 Å². The number of hydrogen-bond acceptors (Lipinski definition) is 3. The van der Waals surface area contributed by atoms with E-state index in [-0.39, 0.29) is 11.7 Å². The normalized spacial score (nSPS) is 10.7. The van der Waals surface area contributed by atoms with Gasteiger partial charge in [0.2, 0.25) is 5.91 Å². The van der Waals surface area contributed by atoms with Gasteiger partial charge in [-0.2, -0.15) is 0 Å². The van der Waals surface area contributed by atoms with Crippen LogP contribution in [0, 0.1) is 0 Å². The molecule has 0 unspecified atom stereocenters. The Bertz CT molecular complexity index is 410. The number of carbonyl (C=O) groups is 1. The van der Waals surface area contributed by atoms with Crippen LogP contribution in [0.2, 0.25) is 5.02 Å². The molecule has 0 aliphatic heterocycles. The number of carbonyl (C=O) groups excluding carboxylic acids is 1. The van der Waals surface area contributed by atoms with Crippen LogP contribution in [0.15, 0.2) is 18.2 Å². The molecule has 0 heterocycles. The van der Waals surface area contributed by atoms with Crippen LogP contribution in [-0.4, -0.2) is 36.1 Å². The number of likely N-dealkylation sites (N-methyl/N-ethyl adjacent to an activating group) is 1. The smallest absolute Gasteiger partial charge is 0.234 e. The number of benzene rings is 1. The molecule has 0 fully saturated rings. The number of amides is 1. The van der Waals surface area contributed by atoms with E-state index in [9.17, 15) is 9.90 Å². The van der Waals surface area contributed by atoms with Crippen molar-refractivity contribution in [2.24, 2.45) is 0 Å². The van der Waals surface area contributed by atoms with Gasteiger partial charge in [0.1, 0.15) is 5.75 Å². The van der Waals surface area contributed by atoms with Gasteiger partial charge in [0, 0.05) is 18.7 Å². The summed E-state index contributed by atoms with van der Waals surface area (Å²) in [7, 11) is 1.83. The predicted molar refractivity (Wildman–Crippen MR) is 72.8 cm³/mol. The van der Waals surface area contributed by atoms with Gasteiger partial charge in [0.25, 0.3) is 0 Å². The fourth-order valence-electron chi connectivity index (χ4n) is 1.60. The molecule has 0 atom stereocenters. The van der Waals surface area contributed by atoms with Crippen LogP contribution < -0.4 is 5.32 Å². The van der Waals surface area contributed by atoms with Crippen molar-refractivity contribution in [3.63, 3.8) is 0 Å². The fourth-order valence-corrected chi connectivity index (χ4v) is 1.79. The van der Waals surface area contributed by atoms with Gasteiger partial charge in [-0.25, -0.2) is 0 Å². The third kappa shape index (κ3) is 4.55. The number of para-hydroxylation sites is 1. The molecule has 2 N–H and O–H groups in total. The second-order valence-corrected chi connectivity index (χ2v) is 4.68. The summed E-state index contributed by atoms with van der Waals surface area (Å²) in [6.45, 7) is 3.47. The molecule has 0 radical (unpaired) electrons. The Balaban J connectivity index is 2.51. The van der Waals surface area contributed by atoms with Gasteiger partial charge in [-0.1, -0.05) is 30.7 Å². The molecular weight excluding hydrogens is 252 g/mol. The van der Waals surface area contributed by atoms with Crippen molar-refractivity contribution in [3.05, 3.63) is 28.8 Å². The fraction of sp³-hybridized carbons (Fsp3) is 0.462. The van der Waals surface area contributed by atoms with Gasteiger partial charge in [-0.3, -0.25) is 9.69 Å². The zero-order valence-electron chi connectivity index (χ0n) is 10.7. The van der Waals surface area contributed by atoms with Gasteiger partial charge < -0.3 is 10.4 Å². The van der Waals surface area contributed by atoms with Crippen molar-refractivity contribution in [2.45, 2.75) is 19.9 Å². The number of hydrogen-bond donors (Lipinski definition) is 2. The lowest BCUT2D eigenvalue weighted by atomic mass is 10.2.